The molecule has 0 nitrogen and oxygen atoms in total. The van der Waals surface area contributed by atoms with Gasteiger partial charge in [0.1, 0.15) is 8.07 Å². The molecule has 1 unspecified atom stereocenters. The minimum absolute atomic E-state index is 0.667. The highest BCUT2D eigenvalue weighted by Crippen LogP contribution is 2.40. The molecule has 0 radical (unpaired) electrons. The highest BCUT2D eigenvalue weighted by Gasteiger charge is 2.41. The molecule has 1 aliphatic rings. The Morgan fingerprint density at radius 2 is 1.63 bits per heavy atom. The first-order chi connectivity index (χ1) is 8.80. The van der Waals surface area contributed by atoms with Crippen LogP contribution in [-0.2, 0) is 0 Å². The zero-order valence-electron chi connectivity index (χ0n) is 13.4. The third-order valence-electron chi connectivity index (χ3n) is 4.65. The summed E-state index contributed by atoms with van der Waals surface area (Å²) in [6.45, 7) is 14.3. The van der Waals surface area contributed by atoms with Crippen LogP contribution in [-0.4, -0.2) is 12.9 Å². The average molecular weight is 341 g/mol. The smallest absolute Gasteiger partial charge is 0.125 e. The number of hydrogen-bond donors (Lipinski definition) is 0. The predicted octanol–water partition coefficient (Wildman–Crippen LogP) is 6.08. The molecule has 1 rings (SSSR count). The van der Waals surface area contributed by atoms with Crippen LogP contribution in [0.1, 0.15) is 60.8 Å². The molecule has 1 atom stereocenters. The van der Waals surface area contributed by atoms with Gasteiger partial charge in [-0.2, -0.15) is 0 Å². The normalized spacial score (nSPS) is 20.5. The molecule has 0 saturated heterocycles. The predicted molar refractivity (Wildman–Crippen MR) is 93.5 cm³/mol. The molecule has 19 heavy (non-hydrogen) atoms. The summed E-state index contributed by atoms with van der Waals surface area (Å²) in [6.07, 6.45) is 5.88. The molecule has 0 saturated carbocycles. The standard InChI is InChI=1S/C17H29BrSi/c1-13(2)19(14(3)4,15(5)6)12-11-16-7-9-17(18)10-8-16/h7,13-15,17H,8-10H2,1-6H3. The van der Waals surface area contributed by atoms with Crippen LogP contribution < -0.4 is 0 Å². The topological polar surface area (TPSA) is 0 Å². The van der Waals surface area contributed by atoms with Gasteiger partial charge in [-0.05, 0) is 41.5 Å². The van der Waals surface area contributed by atoms with Crippen molar-refractivity contribution in [2.24, 2.45) is 0 Å². The molecule has 0 spiro atoms. The van der Waals surface area contributed by atoms with Crippen molar-refractivity contribution in [1.82, 2.24) is 0 Å². The molecule has 2 heteroatoms. The second-order valence-electron chi connectivity index (χ2n) is 6.75. The lowest BCUT2D eigenvalue weighted by atomic mass is 10.0. The summed E-state index contributed by atoms with van der Waals surface area (Å²) in [5.41, 5.74) is 7.39. The Labute approximate surface area is 129 Å². The molecule has 108 valence electrons. The van der Waals surface area contributed by atoms with Crippen molar-refractivity contribution >= 4 is 24.0 Å². The van der Waals surface area contributed by atoms with Crippen LogP contribution in [0.15, 0.2) is 11.6 Å². The fraction of sp³-hybridized carbons (Fsp3) is 0.765. The fourth-order valence-electron chi connectivity index (χ4n) is 3.54. The molecule has 0 aromatic carbocycles. The minimum Gasteiger partial charge on any atom is -0.125 e. The van der Waals surface area contributed by atoms with Gasteiger partial charge >= 0.3 is 0 Å². The number of rotatable bonds is 3. The summed E-state index contributed by atoms with van der Waals surface area (Å²) in [7, 11) is -1.54. The van der Waals surface area contributed by atoms with Crippen LogP contribution >= 0.6 is 15.9 Å². The lowest BCUT2D eigenvalue weighted by Gasteiger charge is -2.38. The summed E-state index contributed by atoms with van der Waals surface area (Å²) >= 11 is 3.69. The molecule has 0 bridgehead atoms. The van der Waals surface area contributed by atoms with Crippen LogP contribution in [0.5, 0.6) is 0 Å². The number of hydrogen-bond acceptors (Lipinski definition) is 0. The number of allylic oxidation sites excluding steroid dienone is 2. The van der Waals surface area contributed by atoms with Crippen molar-refractivity contribution in [3.05, 3.63) is 11.6 Å². The Morgan fingerprint density at radius 3 is 2.00 bits per heavy atom. The van der Waals surface area contributed by atoms with Crippen molar-refractivity contribution < 1.29 is 0 Å². The van der Waals surface area contributed by atoms with E-state index in [1.807, 2.05) is 0 Å². The van der Waals surface area contributed by atoms with Gasteiger partial charge in [0.25, 0.3) is 0 Å². The zero-order chi connectivity index (χ0) is 14.6. The first-order valence-electron chi connectivity index (χ1n) is 7.67. The lowest BCUT2D eigenvalue weighted by molar-refractivity contribution is 0.743. The van der Waals surface area contributed by atoms with E-state index in [2.05, 4.69) is 75.0 Å². The highest BCUT2D eigenvalue weighted by atomic mass is 79.9. The van der Waals surface area contributed by atoms with Gasteiger partial charge < -0.3 is 0 Å². The second kappa shape index (κ2) is 7.13. The van der Waals surface area contributed by atoms with Crippen LogP contribution in [0, 0.1) is 11.5 Å². The Morgan fingerprint density at radius 1 is 1.11 bits per heavy atom. The monoisotopic (exact) mass is 340 g/mol. The quantitative estimate of drug-likeness (QED) is 0.331. The molecule has 0 aliphatic heterocycles. The van der Waals surface area contributed by atoms with E-state index in [9.17, 15) is 0 Å². The molecular weight excluding hydrogens is 312 g/mol. The van der Waals surface area contributed by atoms with E-state index in [0.717, 1.165) is 29.5 Å². The van der Waals surface area contributed by atoms with Crippen molar-refractivity contribution in [1.29, 1.82) is 0 Å². The molecule has 0 aromatic heterocycles. The van der Waals surface area contributed by atoms with Crippen molar-refractivity contribution in [2.45, 2.75) is 82.3 Å². The van der Waals surface area contributed by atoms with E-state index in [-0.39, 0.29) is 0 Å². The number of alkyl halides is 1. The molecule has 0 aromatic rings. The molecule has 0 N–H and O–H groups in total. The SMILES string of the molecule is CC(C)[Si](C#CC1=CCC(Br)CC1)(C(C)C)C(C)C. The maximum atomic E-state index is 3.82. The van der Waals surface area contributed by atoms with Gasteiger partial charge in [0.05, 0.1) is 0 Å². The lowest BCUT2D eigenvalue weighted by Crippen LogP contribution is -2.43. The van der Waals surface area contributed by atoms with E-state index >= 15 is 0 Å². The summed E-state index contributed by atoms with van der Waals surface area (Å²) in [6, 6.07) is 0. The van der Waals surface area contributed by atoms with Gasteiger partial charge in [0.15, 0.2) is 0 Å². The van der Waals surface area contributed by atoms with E-state index in [0.29, 0.717) is 4.83 Å². The summed E-state index contributed by atoms with van der Waals surface area (Å²) in [5, 5.41) is 0. The van der Waals surface area contributed by atoms with E-state index in [1.165, 1.54) is 12.0 Å². The fourth-order valence-corrected chi connectivity index (χ4v) is 9.20. The van der Waals surface area contributed by atoms with Crippen molar-refractivity contribution in [2.75, 3.05) is 0 Å². The van der Waals surface area contributed by atoms with Gasteiger partial charge in [-0.3, -0.25) is 0 Å². The third-order valence-corrected chi connectivity index (χ3v) is 11.8. The Bertz CT molecular complexity index is 360. The van der Waals surface area contributed by atoms with Crippen LogP contribution in [0.3, 0.4) is 0 Å². The largest absolute Gasteiger partial charge is 0.146 e. The molecule has 0 fully saturated rings. The second-order valence-corrected chi connectivity index (χ2v) is 13.6. The number of halogens is 1. The maximum absolute atomic E-state index is 3.82. The van der Waals surface area contributed by atoms with Gasteiger partial charge in [0, 0.05) is 4.83 Å². The van der Waals surface area contributed by atoms with Crippen LogP contribution in [0.25, 0.3) is 0 Å². The maximum Gasteiger partial charge on any atom is 0.146 e. The third kappa shape index (κ3) is 3.98. The van der Waals surface area contributed by atoms with Gasteiger partial charge in [-0.15, -0.1) is 5.54 Å². The van der Waals surface area contributed by atoms with E-state index < -0.39 is 8.07 Å². The van der Waals surface area contributed by atoms with Crippen molar-refractivity contribution in [3.63, 3.8) is 0 Å². The van der Waals surface area contributed by atoms with Gasteiger partial charge in [-0.25, -0.2) is 0 Å². The Hall–Kier alpha value is -0.00312. The van der Waals surface area contributed by atoms with Crippen molar-refractivity contribution in [3.8, 4) is 11.5 Å². The van der Waals surface area contributed by atoms with Gasteiger partial charge in [0.2, 0.25) is 0 Å². The summed E-state index contributed by atoms with van der Waals surface area (Å²) in [5.74, 6) is 3.58. The molecule has 1 aliphatic carbocycles. The van der Waals surface area contributed by atoms with Crippen LogP contribution in [0.4, 0.5) is 0 Å². The highest BCUT2D eigenvalue weighted by molar-refractivity contribution is 9.09. The first-order valence-corrected chi connectivity index (χ1v) is 10.8. The van der Waals surface area contributed by atoms with Gasteiger partial charge in [-0.1, -0.05) is 69.5 Å². The van der Waals surface area contributed by atoms with Crippen LogP contribution in [0.2, 0.25) is 16.6 Å². The Balaban J connectivity index is 3.03. The molecule has 0 amide bonds. The van der Waals surface area contributed by atoms with E-state index in [4.69, 9.17) is 0 Å². The average Bonchev–Trinajstić information content (AvgIpc) is 2.30. The first kappa shape index (κ1) is 17.0. The molecular formula is C17H29BrSi. The van der Waals surface area contributed by atoms with E-state index in [1.54, 1.807) is 0 Å². The molecule has 0 heterocycles. The summed E-state index contributed by atoms with van der Waals surface area (Å²) in [4.78, 5) is 0.667. The minimum atomic E-state index is -1.54. The Kier molecular flexibility index (Phi) is 6.40. The summed E-state index contributed by atoms with van der Waals surface area (Å²) < 4.78 is 0. The zero-order valence-corrected chi connectivity index (χ0v) is 16.0.